The molecule has 2 nitrogen and oxygen atoms in total. The molecule has 2 aromatic rings. The van der Waals surface area contributed by atoms with Gasteiger partial charge in [-0.25, -0.2) is 0 Å². The van der Waals surface area contributed by atoms with E-state index in [0.29, 0.717) is 6.54 Å². The molecule has 0 bridgehead atoms. The van der Waals surface area contributed by atoms with Gasteiger partial charge in [0, 0.05) is 23.5 Å². The number of rotatable bonds is 6. The van der Waals surface area contributed by atoms with Crippen molar-refractivity contribution < 1.29 is 0 Å². The molecule has 0 aliphatic carbocycles. The van der Waals surface area contributed by atoms with Crippen molar-refractivity contribution in [3.8, 4) is 0 Å². The van der Waals surface area contributed by atoms with E-state index in [0.717, 1.165) is 13.0 Å². The molecule has 0 aliphatic rings. The molecule has 18 heavy (non-hydrogen) atoms. The van der Waals surface area contributed by atoms with Crippen LogP contribution in [-0.4, -0.2) is 12.1 Å². The normalized spacial score (nSPS) is 14.3. The molecule has 0 aliphatic heterocycles. The molecule has 0 amide bonds. The second-order valence-corrected chi connectivity index (χ2v) is 5.89. The van der Waals surface area contributed by atoms with Gasteiger partial charge >= 0.3 is 0 Å². The first-order valence-electron chi connectivity index (χ1n) is 6.23. The molecule has 0 fully saturated rings. The van der Waals surface area contributed by atoms with Crippen LogP contribution in [0.2, 0.25) is 0 Å². The Balaban J connectivity index is 1.97. The van der Waals surface area contributed by atoms with Crippen molar-refractivity contribution in [3.05, 3.63) is 58.3 Å². The summed E-state index contributed by atoms with van der Waals surface area (Å²) in [5, 5.41) is 5.69. The Morgan fingerprint density at radius 1 is 1.17 bits per heavy atom. The maximum Gasteiger partial charge on any atom is 0.0319 e. The van der Waals surface area contributed by atoms with Crippen molar-refractivity contribution in [2.45, 2.75) is 25.4 Å². The van der Waals surface area contributed by atoms with Crippen molar-refractivity contribution in [1.29, 1.82) is 0 Å². The van der Waals surface area contributed by atoms with E-state index in [1.807, 2.05) is 6.07 Å². The Hall–Kier alpha value is -1.16. The summed E-state index contributed by atoms with van der Waals surface area (Å²) in [6, 6.07) is 14.7. The number of nitrogens with two attached hydrogens (primary N) is 1. The van der Waals surface area contributed by atoms with Crippen molar-refractivity contribution in [2.24, 2.45) is 5.73 Å². The van der Waals surface area contributed by atoms with Gasteiger partial charge in [-0.2, -0.15) is 0 Å². The third-order valence-corrected chi connectivity index (χ3v) is 4.03. The van der Waals surface area contributed by atoms with Gasteiger partial charge in [-0.1, -0.05) is 36.4 Å². The number of nitrogens with one attached hydrogen (secondary N) is 1. The second-order valence-electron chi connectivity index (χ2n) is 4.86. The zero-order valence-corrected chi connectivity index (χ0v) is 11.5. The fourth-order valence-corrected chi connectivity index (χ4v) is 2.61. The van der Waals surface area contributed by atoms with Crippen LogP contribution in [0.3, 0.4) is 0 Å². The van der Waals surface area contributed by atoms with E-state index < -0.39 is 0 Å². The lowest BCUT2D eigenvalue weighted by atomic mass is 9.93. The van der Waals surface area contributed by atoms with Gasteiger partial charge in [0.15, 0.2) is 0 Å². The Morgan fingerprint density at radius 3 is 2.56 bits per heavy atom. The van der Waals surface area contributed by atoms with E-state index in [1.54, 1.807) is 11.3 Å². The van der Waals surface area contributed by atoms with Gasteiger partial charge in [-0.05, 0) is 30.4 Å². The zero-order valence-electron chi connectivity index (χ0n) is 10.7. The van der Waals surface area contributed by atoms with E-state index in [4.69, 9.17) is 5.73 Å². The van der Waals surface area contributed by atoms with Crippen molar-refractivity contribution in [1.82, 2.24) is 5.32 Å². The van der Waals surface area contributed by atoms with Crippen molar-refractivity contribution in [2.75, 3.05) is 6.54 Å². The maximum absolute atomic E-state index is 5.94. The molecule has 2 rings (SSSR count). The molecule has 0 saturated carbocycles. The fourth-order valence-electron chi connectivity index (χ4n) is 1.97. The van der Waals surface area contributed by atoms with E-state index in [1.165, 1.54) is 10.4 Å². The van der Waals surface area contributed by atoms with E-state index in [-0.39, 0.29) is 5.54 Å². The first-order chi connectivity index (χ1) is 8.72. The highest BCUT2D eigenvalue weighted by Crippen LogP contribution is 2.15. The highest BCUT2D eigenvalue weighted by molar-refractivity contribution is 7.09. The van der Waals surface area contributed by atoms with Gasteiger partial charge in [0.05, 0.1) is 0 Å². The van der Waals surface area contributed by atoms with Crippen molar-refractivity contribution in [3.63, 3.8) is 0 Å². The smallest absolute Gasteiger partial charge is 0.0319 e. The summed E-state index contributed by atoms with van der Waals surface area (Å²) in [5.74, 6) is 0. The van der Waals surface area contributed by atoms with Crippen LogP contribution >= 0.6 is 11.3 Å². The molecule has 3 heteroatoms. The Labute approximate surface area is 113 Å². The van der Waals surface area contributed by atoms with Crippen LogP contribution in [0.1, 0.15) is 17.4 Å². The molecule has 96 valence electrons. The summed E-state index contributed by atoms with van der Waals surface area (Å²) in [5.41, 5.74) is 7.21. The van der Waals surface area contributed by atoms with Crippen molar-refractivity contribution >= 4 is 11.3 Å². The standard InChI is InChI=1S/C15H20N2S/c1-15(12-16,10-13-6-3-2-4-7-13)17-11-14-8-5-9-18-14/h2-9,17H,10-12,16H2,1H3. The number of thiophene rings is 1. The largest absolute Gasteiger partial charge is 0.329 e. The summed E-state index contributed by atoms with van der Waals surface area (Å²) in [7, 11) is 0. The predicted molar refractivity (Wildman–Crippen MR) is 78.8 cm³/mol. The highest BCUT2D eigenvalue weighted by atomic mass is 32.1. The Morgan fingerprint density at radius 2 is 1.94 bits per heavy atom. The zero-order chi connectivity index (χ0) is 12.8. The molecule has 0 spiro atoms. The molecule has 1 unspecified atom stereocenters. The molecule has 1 aromatic carbocycles. The van der Waals surface area contributed by atoms with Gasteiger partial charge < -0.3 is 11.1 Å². The molecular formula is C15H20N2S. The average molecular weight is 260 g/mol. The lowest BCUT2D eigenvalue weighted by molar-refractivity contribution is 0.360. The number of benzene rings is 1. The predicted octanol–water partition coefficient (Wildman–Crippen LogP) is 2.80. The first kappa shape index (κ1) is 13.3. The van der Waals surface area contributed by atoms with Crippen LogP contribution in [0.4, 0.5) is 0 Å². The second kappa shape index (κ2) is 6.14. The minimum absolute atomic E-state index is 0.0503. The summed E-state index contributed by atoms with van der Waals surface area (Å²) in [4.78, 5) is 1.35. The minimum Gasteiger partial charge on any atom is -0.329 e. The van der Waals surface area contributed by atoms with E-state index in [2.05, 4.69) is 54.0 Å². The molecule has 1 atom stereocenters. The average Bonchev–Trinajstić information content (AvgIpc) is 2.91. The molecular weight excluding hydrogens is 240 g/mol. The number of hydrogen-bond acceptors (Lipinski definition) is 3. The van der Waals surface area contributed by atoms with Crippen LogP contribution in [0, 0.1) is 0 Å². The van der Waals surface area contributed by atoms with E-state index >= 15 is 0 Å². The van der Waals surface area contributed by atoms with Gasteiger partial charge in [0.25, 0.3) is 0 Å². The van der Waals surface area contributed by atoms with Crippen LogP contribution in [-0.2, 0) is 13.0 Å². The molecule has 0 radical (unpaired) electrons. The van der Waals surface area contributed by atoms with E-state index in [9.17, 15) is 0 Å². The monoisotopic (exact) mass is 260 g/mol. The fraction of sp³-hybridized carbons (Fsp3) is 0.333. The summed E-state index contributed by atoms with van der Waals surface area (Å²) in [6.45, 7) is 3.71. The summed E-state index contributed by atoms with van der Waals surface area (Å²) < 4.78 is 0. The third-order valence-electron chi connectivity index (χ3n) is 3.16. The third kappa shape index (κ3) is 3.67. The van der Waals surface area contributed by atoms with Crippen LogP contribution in [0.25, 0.3) is 0 Å². The summed E-state index contributed by atoms with van der Waals surface area (Å²) in [6.07, 6.45) is 0.954. The van der Waals surface area contributed by atoms with Crippen LogP contribution < -0.4 is 11.1 Å². The molecule has 1 aromatic heterocycles. The SMILES string of the molecule is CC(CN)(Cc1ccccc1)NCc1cccs1. The van der Waals surface area contributed by atoms with Gasteiger partial charge in [0.1, 0.15) is 0 Å². The Bertz CT molecular complexity index is 453. The lowest BCUT2D eigenvalue weighted by Crippen LogP contribution is -2.49. The molecule has 1 heterocycles. The van der Waals surface area contributed by atoms with Gasteiger partial charge in [0.2, 0.25) is 0 Å². The lowest BCUT2D eigenvalue weighted by Gasteiger charge is -2.29. The first-order valence-corrected chi connectivity index (χ1v) is 7.11. The molecule has 3 N–H and O–H groups in total. The quantitative estimate of drug-likeness (QED) is 0.838. The van der Waals surface area contributed by atoms with Crippen LogP contribution in [0.15, 0.2) is 47.8 Å². The highest BCUT2D eigenvalue weighted by Gasteiger charge is 2.22. The van der Waals surface area contributed by atoms with Crippen LogP contribution in [0.5, 0.6) is 0 Å². The Kier molecular flexibility index (Phi) is 4.53. The van der Waals surface area contributed by atoms with Gasteiger partial charge in [-0.15, -0.1) is 11.3 Å². The number of hydrogen-bond donors (Lipinski definition) is 2. The topological polar surface area (TPSA) is 38.0 Å². The minimum atomic E-state index is -0.0503. The summed E-state index contributed by atoms with van der Waals surface area (Å²) >= 11 is 1.78. The molecule has 0 saturated heterocycles. The van der Waals surface area contributed by atoms with Gasteiger partial charge in [-0.3, -0.25) is 0 Å². The maximum atomic E-state index is 5.94.